The quantitative estimate of drug-likeness (QED) is 0.258. The highest BCUT2D eigenvalue weighted by Gasteiger charge is 2.39. The molecule has 3 heterocycles. The number of benzene rings is 1. The van der Waals surface area contributed by atoms with Gasteiger partial charge in [0.15, 0.2) is 11.3 Å². The Bertz CT molecular complexity index is 1520. The lowest BCUT2D eigenvalue weighted by Crippen LogP contribution is -2.12. The summed E-state index contributed by atoms with van der Waals surface area (Å²) in [5, 5.41) is 34.8. The minimum atomic E-state index is -4.88. The Kier molecular flexibility index (Phi) is 8.97. The number of hydrogen-bond acceptors (Lipinski definition) is 6. The van der Waals surface area contributed by atoms with Crippen molar-refractivity contribution in [3.05, 3.63) is 64.7 Å². The molecule has 3 aromatic heterocycles. The van der Waals surface area contributed by atoms with Gasteiger partial charge in [0.25, 0.3) is 0 Å². The first-order chi connectivity index (χ1) is 18.0. The summed E-state index contributed by atoms with van der Waals surface area (Å²) < 4.78 is 41.9. The number of nitriles is 1. The highest BCUT2D eigenvalue weighted by molar-refractivity contribution is 6.31. The van der Waals surface area contributed by atoms with E-state index in [0.29, 0.717) is 21.5 Å². The normalized spacial score (nSPS) is 12.2. The van der Waals surface area contributed by atoms with Crippen molar-refractivity contribution < 1.29 is 23.4 Å². The van der Waals surface area contributed by atoms with Crippen molar-refractivity contribution in [1.29, 1.82) is 5.26 Å². The number of aliphatic hydroxyl groups is 1. The number of unbranched alkanes of at least 4 members (excludes halogenated alkanes) is 1. The molecule has 7 nitrogen and oxygen atoms in total. The van der Waals surface area contributed by atoms with Gasteiger partial charge in [-0.05, 0) is 31.9 Å². The number of fused-ring (bicyclic) bond motifs is 2. The number of nitrogens with zero attached hydrogens (tertiary/aromatic N) is 5. The molecule has 11 heteroatoms. The summed E-state index contributed by atoms with van der Waals surface area (Å²) in [6.45, 7) is 9.45. The summed E-state index contributed by atoms with van der Waals surface area (Å²) in [4.78, 5) is 8.45. The maximum absolute atomic E-state index is 13.6. The van der Waals surface area contributed by atoms with Gasteiger partial charge in [0.1, 0.15) is 17.4 Å². The summed E-state index contributed by atoms with van der Waals surface area (Å²) in [6.07, 6.45) is -0.516. The zero-order valence-corrected chi connectivity index (χ0v) is 21.9. The fourth-order valence-electron chi connectivity index (χ4n) is 3.91. The Morgan fingerprint density at radius 1 is 1.24 bits per heavy atom. The molecule has 4 aromatic rings. The van der Waals surface area contributed by atoms with Gasteiger partial charge in [0, 0.05) is 27.2 Å². The monoisotopic (exact) mass is 545 g/mol. The predicted octanol–water partition coefficient (Wildman–Crippen LogP) is 6.79. The second kappa shape index (κ2) is 11.8. The van der Waals surface area contributed by atoms with E-state index in [0.717, 1.165) is 4.52 Å². The largest absolute Gasteiger partial charge is 0.506 e. The van der Waals surface area contributed by atoms with Crippen molar-refractivity contribution >= 4 is 28.2 Å². The van der Waals surface area contributed by atoms with E-state index in [-0.39, 0.29) is 41.2 Å². The SMILES string of the molecule is C=CC(O)CCc1c(-c2c(O)cnc3cc(Cl)ccc23)c(C)nc2c(C#N)c(C(F)(F)F)nn12.CCCC. The van der Waals surface area contributed by atoms with Crippen molar-refractivity contribution in [3.8, 4) is 22.9 Å². The molecule has 0 fully saturated rings. The van der Waals surface area contributed by atoms with Crippen LogP contribution >= 0.6 is 11.6 Å². The third kappa shape index (κ3) is 5.74. The van der Waals surface area contributed by atoms with Crippen LogP contribution in [0.2, 0.25) is 5.02 Å². The van der Waals surface area contributed by atoms with Crippen LogP contribution in [0.3, 0.4) is 0 Å². The number of aromatic nitrogens is 4. The Balaban J connectivity index is 0.000000934. The zero-order chi connectivity index (χ0) is 28.2. The molecule has 0 saturated carbocycles. The van der Waals surface area contributed by atoms with Crippen molar-refractivity contribution in [1.82, 2.24) is 19.6 Å². The number of rotatable bonds is 6. The molecule has 0 spiro atoms. The maximum atomic E-state index is 13.6. The zero-order valence-electron chi connectivity index (χ0n) is 21.1. The van der Waals surface area contributed by atoms with Gasteiger partial charge in [0.05, 0.1) is 23.5 Å². The third-order valence-corrected chi connectivity index (χ3v) is 6.17. The lowest BCUT2D eigenvalue weighted by molar-refractivity contribution is -0.141. The van der Waals surface area contributed by atoms with Gasteiger partial charge < -0.3 is 10.2 Å². The number of aryl methyl sites for hydroxylation is 2. The highest BCUT2D eigenvalue weighted by Crippen LogP contribution is 2.41. The van der Waals surface area contributed by atoms with E-state index in [1.807, 2.05) is 0 Å². The van der Waals surface area contributed by atoms with E-state index in [1.165, 1.54) is 25.1 Å². The summed E-state index contributed by atoms with van der Waals surface area (Å²) in [6, 6.07) is 6.38. The molecule has 1 atom stereocenters. The van der Waals surface area contributed by atoms with Crippen LogP contribution in [-0.2, 0) is 12.6 Å². The van der Waals surface area contributed by atoms with Crippen molar-refractivity contribution in [2.45, 2.75) is 58.7 Å². The van der Waals surface area contributed by atoms with E-state index < -0.39 is 23.5 Å². The van der Waals surface area contributed by atoms with Gasteiger partial charge in [-0.25, -0.2) is 9.50 Å². The van der Waals surface area contributed by atoms with Gasteiger partial charge in [0.2, 0.25) is 0 Å². The Morgan fingerprint density at radius 2 is 1.92 bits per heavy atom. The second-order valence-electron chi connectivity index (χ2n) is 8.61. The summed E-state index contributed by atoms with van der Waals surface area (Å²) in [5.41, 5.74) is -0.794. The number of aromatic hydroxyl groups is 1. The molecule has 1 aromatic carbocycles. The molecule has 0 radical (unpaired) electrons. The molecule has 0 bridgehead atoms. The van der Waals surface area contributed by atoms with E-state index >= 15 is 0 Å². The molecule has 0 saturated heterocycles. The predicted molar refractivity (Wildman–Crippen MR) is 140 cm³/mol. The fraction of sp³-hybridized carbons (Fsp3) is 0.333. The summed E-state index contributed by atoms with van der Waals surface area (Å²) in [7, 11) is 0. The van der Waals surface area contributed by atoms with E-state index in [1.54, 1.807) is 31.2 Å². The van der Waals surface area contributed by atoms with Crippen LogP contribution < -0.4 is 0 Å². The van der Waals surface area contributed by atoms with E-state index in [9.17, 15) is 28.6 Å². The number of hydrogen-bond donors (Lipinski definition) is 2. The lowest BCUT2D eigenvalue weighted by Gasteiger charge is -2.18. The average molecular weight is 546 g/mol. The molecule has 1 unspecified atom stereocenters. The Hall–Kier alpha value is -3.68. The molecular weight excluding hydrogens is 519 g/mol. The molecule has 0 aliphatic rings. The first-order valence-corrected chi connectivity index (χ1v) is 12.3. The molecule has 2 N–H and O–H groups in total. The van der Waals surface area contributed by atoms with Crippen LogP contribution in [0.5, 0.6) is 5.75 Å². The van der Waals surface area contributed by atoms with Gasteiger partial charge in [-0.15, -0.1) is 6.58 Å². The second-order valence-corrected chi connectivity index (χ2v) is 9.05. The van der Waals surface area contributed by atoms with Crippen molar-refractivity contribution in [2.24, 2.45) is 0 Å². The molecule has 38 heavy (non-hydrogen) atoms. The van der Waals surface area contributed by atoms with Crippen LogP contribution in [0.1, 0.15) is 55.8 Å². The standard InChI is InChI=1S/C23H17ClF3N5O2.C4H10/c1-3-13(33)5-7-17-19(20-14-6-4-12(24)8-16(14)29-10-18(20)34)11(2)30-22-15(9-28)21(23(25,26)27)31-32(17)22;1-3-4-2/h3-4,6,8,10,13,33-34H,1,5,7H2,2H3;3-4H2,1-2H3. The van der Waals surface area contributed by atoms with Crippen molar-refractivity contribution in [2.75, 3.05) is 0 Å². The number of aliphatic hydroxyl groups excluding tert-OH is 1. The highest BCUT2D eigenvalue weighted by atomic mass is 35.5. The van der Waals surface area contributed by atoms with Crippen molar-refractivity contribution in [3.63, 3.8) is 0 Å². The number of halogens is 4. The minimum Gasteiger partial charge on any atom is -0.506 e. The van der Waals surface area contributed by atoms with Gasteiger partial charge in [-0.1, -0.05) is 50.4 Å². The third-order valence-electron chi connectivity index (χ3n) is 5.93. The van der Waals surface area contributed by atoms with Crippen LogP contribution in [0.4, 0.5) is 13.2 Å². The van der Waals surface area contributed by atoms with Gasteiger partial charge in [-0.2, -0.15) is 23.5 Å². The smallest absolute Gasteiger partial charge is 0.436 e. The lowest BCUT2D eigenvalue weighted by atomic mass is 9.95. The molecule has 0 amide bonds. The Labute approximate surface area is 222 Å². The Morgan fingerprint density at radius 3 is 2.50 bits per heavy atom. The summed E-state index contributed by atoms with van der Waals surface area (Å²) in [5.74, 6) is -0.228. The molecule has 200 valence electrons. The topological polar surface area (TPSA) is 107 Å². The van der Waals surface area contributed by atoms with Crippen LogP contribution in [0, 0.1) is 18.3 Å². The van der Waals surface area contributed by atoms with Crippen LogP contribution in [0.25, 0.3) is 27.7 Å². The number of pyridine rings is 1. The van der Waals surface area contributed by atoms with Gasteiger partial charge >= 0.3 is 6.18 Å². The molecule has 4 rings (SSSR count). The molecular formula is C27H27ClF3N5O2. The number of alkyl halides is 3. The molecule has 0 aliphatic carbocycles. The first-order valence-electron chi connectivity index (χ1n) is 12.0. The molecule has 0 aliphatic heterocycles. The van der Waals surface area contributed by atoms with Gasteiger partial charge in [-0.3, -0.25) is 4.98 Å². The first kappa shape index (κ1) is 28.9. The maximum Gasteiger partial charge on any atom is 0.436 e. The van der Waals surface area contributed by atoms with E-state index in [2.05, 4.69) is 35.5 Å². The van der Waals surface area contributed by atoms with E-state index in [4.69, 9.17) is 11.6 Å². The van der Waals surface area contributed by atoms with Crippen LogP contribution in [0.15, 0.2) is 37.1 Å². The summed E-state index contributed by atoms with van der Waals surface area (Å²) >= 11 is 6.07. The average Bonchev–Trinajstić information content (AvgIpc) is 3.26. The van der Waals surface area contributed by atoms with Crippen LogP contribution in [-0.4, -0.2) is 35.9 Å². The minimum absolute atomic E-state index is 0.0447. The fourth-order valence-corrected chi connectivity index (χ4v) is 4.08.